The largest absolute Gasteiger partial charge is 0.390 e. The van der Waals surface area contributed by atoms with E-state index in [1.54, 1.807) is 11.9 Å². The third-order valence-electron chi connectivity index (χ3n) is 3.57. The SMILES string of the molecule is CN(C(=O)C1CCOCC1)C1CNCC1O. The fraction of sp³-hybridized carbons (Fsp3) is 0.909. The predicted molar refractivity (Wildman–Crippen MR) is 59.0 cm³/mol. The van der Waals surface area contributed by atoms with Crippen molar-refractivity contribution >= 4 is 5.91 Å². The molecule has 0 aliphatic carbocycles. The Morgan fingerprint density at radius 1 is 1.38 bits per heavy atom. The first-order chi connectivity index (χ1) is 7.70. The second-order valence-corrected chi connectivity index (χ2v) is 4.63. The molecule has 16 heavy (non-hydrogen) atoms. The van der Waals surface area contributed by atoms with Crippen molar-refractivity contribution in [2.45, 2.75) is 25.0 Å². The van der Waals surface area contributed by atoms with E-state index in [4.69, 9.17) is 4.74 Å². The maximum atomic E-state index is 12.2. The molecule has 2 unspecified atom stereocenters. The van der Waals surface area contributed by atoms with Crippen LogP contribution >= 0.6 is 0 Å². The van der Waals surface area contributed by atoms with Crippen LogP contribution in [0.5, 0.6) is 0 Å². The van der Waals surface area contributed by atoms with Gasteiger partial charge in [0.15, 0.2) is 0 Å². The quantitative estimate of drug-likeness (QED) is 0.650. The van der Waals surface area contributed by atoms with Gasteiger partial charge < -0.3 is 20.1 Å². The van der Waals surface area contributed by atoms with Gasteiger partial charge in [-0.05, 0) is 12.8 Å². The molecule has 2 aliphatic heterocycles. The summed E-state index contributed by atoms with van der Waals surface area (Å²) in [4.78, 5) is 13.9. The zero-order valence-electron chi connectivity index (χ0n) is 9.69. The van der Waals surface area contributed by atoms with Crippen LogP contribution in [-0.4, -0.2) is 61.4 Å². The normalized spacial score (nSPS) is 31.6. The van der Waals surface area contributed by atoms with Gasteiger partial charge in [-0.2, -0.15) is 0 Å². The van der Waals surface area contributed by atoms with E-state index >= 15 is 0 Å². The van der Waals surface area contributed by atoms with Gasteiger partial charge in [0.05, 0.1) is 12.1 Å². The molecule has 5 nitrogen and oxygen atoms in total. The van der Waals surface area contributed by atoms with Crippen LogP contribution in [0.3, 0.4) is 0 Å². The topological polar surface area (TPSA) is 61.8 Å². The van der Waals surface area contributed by atoms with Gasteiger partial charge in [-0.3, -0.25) is 4.79 Å². The predicted octanol–water partition coefficient (Wildman–Crippen LogP) is -0.796. The molecule has 0 bridgehead atoms. The lowest BCUT2D eigenvalue weighted by molar-refractivity contribution is -0.140. The van der Waals surface area contributed by atoms with Crippen LogP contribution in [0, 0.1) is 5.92 Å². The molecule has 2 rings (SSSR count). The summed E-state index contributed by atoms with van der Waals surface area (Å²) in [5, 5.41) is 12.8. The minimum atomic E-state index is -0.436. The highest BCUT2D eigenvalue weighted by Gasteiger charge is 2.34. The Morgan fingerprint density at radius 3 is 2.62 bits per heavy atom. The number of amides is 1. The summed E-state index contributed by atoms with van der Waals surface area (Å²) >= 11 is 0. The Bertz CT molecular complexity index is 254. The molecule has 2 N–H and O–H groups in total. The third-order valence-corrected chi connectivity index (χ3v) is 3.57. The van der Waals surface area contributed by atoms with Crippen LogP contribution in [0.2, 0.25) is 0 Å². The monoisotopic (exact) mass is 228 g/mol. The van der Waals surface area contributed by atoms with Crippen LogP contribution in [-0.2, 0) is 9.53 Å². The van der Waals surface area contributed by atoms with E-state index in [1.807, 2.05) is 0 Å². The molecule has 5 heteroatoms. The van der Waals surface area contributed by atoms with Crippen molar-refractivity contribution in [2.75, 3.05) is 33.4 Å². The molecule has 0 aromatic rings. The number of carbonyl (C=O) groups excluding carboxylic acids is 1. The second kappa shape index (κ2) is 5.12. The molecule has 1 amide bonds. The molecular formula is C11H20N2O3. The van der Waals surface area contributed by atoms with Crippen LogP contribution in [0.15, 0.2) is 0 Å². The number of nitrogens with one attached hydrogen (secondary N) is 1. The molecule has 2 atom stereocenters. The highest BCUT2D eigenvalue weighted by molar-refractivity contribution is 5.79. The number of rotatable bonds is 2. The minimum Gasteiger partial charge on any atom is -0.390 e. The average molecular weight is 228 g/mol. The highest BCUT2D eigenvalue weighted by atomic mass is 16.5. The number of carbonyl (C=O) groups is 1. The molecule has 0 aromatic carbocycles. The third kappa shape index (κ3) is 2.36. The van der Waals surface area contributed by atoms with E-state index in [-0.39, 0.29) is 17.9 Å². The lowest BCUT2D eigenvalue weighted by atomic mass is 9.98. The number of ether oxygens (including phenoxy) is 1. The molecular weight excluding hydrogens is 208 g/mol. The summed E-state index contributed by atoms with van der Waals surface area (Å²) in [6.07, 6.45) is 1.17. The molecule has 2 fully saturated rings. The van der Waals surface area contributed by atoms with Crippen LogP contribution < -0.4 is 5.32 Å². The summed E-state index contributed by atoms with van der Waals surface area (Å²) < 4.78 is 5.24. The molecule has 0 aromatic heterocycles. The van der Waals surface area contributed by atoms with Crippen molar-refractivity contribution in [3.63, 3.8) is 0 Å². The van der Waals surface area contributed by atoms with Crippen LogP contribution in [0.25, 0.3) is 0 Å². The number of hydrogen-bond acceptors (Lipinski definition) is 4. The Balaban J connectivity index is 1.92. The average Bonchev–Trinajstić information content (AvgIpc) is 2.75. The second-order valence-electron chi connectivity index (χ2n) is 4.63. The van der Waals surface area contributed by atoms with Crippen molar-refractivity contribution in [3.05, 3.63) is 0 Å². The fourth-order valence-electron chi connectivity index (χ4n) is 2.44. The summed E-state index contributed by atoms with van der Waals surface area (Å²) in [6.45, 7) is 2.62. The van der Waals surface area contributed by atoms with Gasteiger partial charge in [0, 0.05) is 39.3 Å². The minimum absolute atomic E-state index is 0.0738. The van der Waals surface area contributed by atoms with E-state index < -0.39 is 6.10 Å². The van der Waals surface area contributed by atoms with Crippen molar-refractivity contribution in [2.24, 2.45) is 5.92 Å². The molecule has 2 aliphatic rings. The number of aliphatic hydroxyl groups is 1. The van der Waals surface area contributed by atoms with Gasteiger partial charge in [-0.15, -0.1) is 0 Å². The van der Waals surface area contributed by atoms with Crippen LogP contribution in [0.1, 0.15) is 12.8 Å². The van der Waals surface area contributed by atoms with Gasteiger partial charge in [0.1, 0.15) is 0 Å². The molecule has 2 heterocycles. The van der Waals surface area contributed by atoms with Gasteiger partial charge in [-0.25, -0.2) is 0 Å². The smallest absolute Gasteiger partial charge is 0.225 e. The summed E-state index contributed by atoms with van der Waals surface area (Å²) in [5.41, 5.74) is 0. The Morgan fingerprint density at radius 2 is 2.06 bits per heavy atom. The summed E-state index contributed by atoms with van der Waals surface area (Å²) in [6, 6.07) is -0.0738. The van der Waals surface area contributed by atoms with Crippen molar-refractivity contribution in [1.82, 2.24) is 10.2 Å². The number of hydrogen-bond donors (Lipinski definition) is 2. The Kier molecular flexibility index (Phi) is 3.78. The number of aliphatic hydroxyl groups excluding tert-OH is 1. The van der Waals surface area contributed by atoms with Gasteiger partial charge >= 0.3 is 0 Å². The first-order valence-corrected chi connectivity index (χ1v) is 5.93. The van der Waals surface area contributed by atoms with Gasteiger partial charge in [0.2, 0.25) is 5.91 Å². The van der Waals surface area contributed by atoms with Crippen LogP contribution in [0.4, 0.5) is 0 Å². The Labute approximate surface area is 95.8 Å². The van der Waals surface area contributed by atoms with Gasteiger partial charge in [0.25, 0.3) is 0 Å². The van der Waals surface area contributed by atoms with E-state index in [2.05, 4.69) is 5.32 Å². The van der Waals surface area contributed by atoms with Crippen molar-refractivity contribution in [1.29, 1.82) is 0 Å². The fourth-order valence-corrected chi connectivity index (χ4v) is 2.44. The molecule has 0 radical (unpaired) electrons. The lowest BCUT2D eigenvalue weighted by Gasteiger charge is -2.31. The molecule has 0 saturated carbocycles. The van der Waals surface area contributed by atoms with E-state index in [9.17, 15) is 9.90 Å². The standard InChI is InChI=1S/C11H20N2O3/c1-13(9-6-12-7-10(9)14)11(15)8-2-4-16-5-3-8/h8-10,12,14H,2-7H2,1H3. The van der Waals surface area contributed by atoms with E-state index in [0.717, 1.165) is 12.8 Å². The zero-order valence-corrected chi connectivity index (χ0v) is 9.69. The number of nitrogens with zero attached hydrogens (tertiary/aromatic N) is 1. The summed E-state index contributed by atoms with van der Waals surface area (Å²) in [7, 11) is 1.79. The molecule has 2 saturated heterocycles. The first kappa shape index (κ1) is 11.8. The van der Waals surface area contributed by atoms with Crippen molar-refractivity contribution in [3.8, 4) is 0 Å². The maximum absolute atomic E-state index is 12.2. The number of likely N-dealkylation sites (N-methyl/N-ethyl adjacent to an activating group) is 1. The van der Waals surface area contributed by atoms with Gasteiger partial charge in [-0.1, -0.05) is 0 Å². The zero-order chi connectivity index (χ0) is 11.5. The molecule has 0 spiro atoms. The van der Waals surface area contributed by atoms with E-state index in [0.29, 0.717) is 26.3 Å². The highest BCUT2D eigenvalue weighted by Crippen LogP contribution is 2.19. The number of β-amino-alcohol motifs (C(OH)–C–C–N with tert-alkyl or cyclic N) is 1. The molecule has 92 valence electrons. The maximum Gasteiger partial charge on any atom is 0.225 e. The van der Waals surface area contributed by atoms with E-state index in [1.165, 1.54) is 0 Å². The summed E-state index contributed by atoms with van der Waals surface area (Å²) in [5.74, 6) is 0.225. The lowest BCUT2D eigenvalue weighted by Crippen LogP contribution is -2.47. The van der Waals surface area contributed by atoms with Crippen molar-refractivity contribution < 1.29 is 14.6 Å². The Hall–Kier alpha value is -0.650. The first-order valence-electron chi connectivity index (χ1n) is 5.93.